The fourth-order valence-corrected chi connectivity index (χ4v) is 1.64. The first kappa shape index (κ1) is 12.7. The maximum Gasteiger partial charge on any atom is 0.0451 e. The Hall–Kier alpha value is -0.310. The number of fused-ring (bicyclic) bond motifs is 1. The molecule has 0 unspecified atom stereocenters. The SMILES string of the molecule is Cl.Cl.N[C@@H]1CCCc2ncccc21. The first-order chi connectivity index (χ1) is 5.38. The van der Waals surface area contributed by atoms with E-state index in [1.165, 1.54) is 17.7 Å². The Morgan fingerprint density at radius 1 is 1.38 bits per heavy atom. The Morgan fingerprint density at radius 3 is 2.85 bits per heavy atom. The lowest BCUT2D eigenvalue weighted by atomic mass is 9.92. The molecule has 1 aliphatic rings. The largest absolute Gasteiger partial charge is 0.324 e. The van der Waals surface area contributed by atoms with E-state index in [-0.39, 0.29) is 30.9 Å². The van der Waals surface area contributed by atoms with E-state index < -0.39 is 0 Å². The number of halogens is 2. The summed E-state index contributed by atoms with van der Waals surface area (Å²) in [6.07, 6.45) is 5.24. The van der Waals surface area contributed by atoms with Crippen molar-refractivity contribution in [1.82, 2.24) is 4.98 Å². The van der Waals surface area contributed by atoms with Crippen LogP contribution in [0.25, 0.3) is 0 Å². The van der Waals surface area contributed by atoms with Gasteiger partial charge in [0.15, 0.2) is 0 Å². The van der Waals surface area contributed by atoms with Crippen LogP contribution in [0.15, 0.2) is 18.3 Å². The van der Waals surface area contributed by atoms with Gasteiger partial charge in [-0.2, -0.15) is 0 Å². The topological polar surface area (TPSA) is 38.9 Å². The number of aromatic nitrogens is 1. The van der Waals surface area contributed by atoms with Gasteiger partial charge >= 0.3 is 0 Å². The fraction of sp³-hybridized carbons (Fsp3) is 0.444. The molecule has 1 aromatic rings. The first-order valence-electron chi connectivity index (χ1n) is 4.07. The highest BCUT2D eigenvalue weighted by Crippen LogP contribution is 2.25. The van der Waals surface area contributed by atoms with Gasteiger partial charge in [-0.3, -0.25) is 4.98 Å². The molecule has 1 atom stereocenters. The number of rotatable bonds is 0. The number of nitrogens with two attached hydrogens (primary N) is 1. The minimum atomic E-state index is 0. The van der Waals surface area contributed by atoms with Gasteiger partial charge in [0.05, 0.1) is 0 Å². The Morgan fingerprint density at radius 2 is 2.15 bits per heavy atom. The smallest absolute Gasteiger partial charge is 0.0451 e. The number of nitrogens with zero attached hydrogens (tertiary/aromatic N) is 1. The summed E-state index contributed by atoms with van der Waals surface area (Å²) < 4.78 is 0. The molecule has 13 heavy (non-hydrogen) atoms. The summed E-state index contributed by atoms with van der Waals surface area (Å²) in [5, 5.41) is 0. The van der Waals surface area contributed by atoms with Crippen LogP contribution in [0.1, 0.15) is 30.1 Å². The molecule has 74 valence electrons. The summed E-state index contributed by atoms with van der Waals surface area (Å²) in [4.78, 5) is 4.29. The van der Waals surface area contributed by atoms with Gasteiger partial charge in [0, 0.05) is 17.9 Å². The summed E-state index contributed by atoms with van der Waals surface area (Å²) in [6.45, 7) is 0. The van der Waals surface area contributed by atoms with E-state index in [1.54, 1.807) is 0 Å². The molecule has 2 rings (SSSR count). The highest BCUT2D eigenvalue weighted by Gasteiger charge is 2.16. The van der Waals surface area contributed by atoms with Gasteiger partial charge in [-0.15, -0.1) is 24.8 Å². The maximum atomic E-state index is 5.91. The van der Waals surface area contributed by atoms with Crippen molar-refractivity contribution in [2.45, 2.75) is 25.3 Å². The zero-order valence-electron chi connectivity index (χ0n) is 7.27. The number of pyridine rings is 1. The van der Waals surface area contributed by atoms with E-state index in [0.29, 0.717) is 0 Å². The van der Waals surface area contributed by atoms with E-state index >= 15 is 0 Å². The molecule has 0 saturated carbocycles. The Bertz CT molecular complexity index is 266. The third kappa shape index (κ3) is 2.56. The predicted octanol–water partition coefficient (Wildman–Crippen LogP) is 2.26. The van der Waals surface area contributed by atoms with Crippen molar-refractivity contribution in [3.05, 3.63) is 29.6 Å². The molecular formula is C9H14Cl2N2. The molecule has 0 aromatic carbocycles. The van der Waals surface area contributed by atoms with Crippen molar-refractivity contribution < 1.29 is 0 Å². The summed E-state index contributed by atoms with van der Waals surface area (Å²) >= 11 is 0. The number of aryl methyl sites for hydroxylation is 1. The quantitative estimate of drug-likeness (QED) is 0.729. The average molecular weight is 221 g/mol. The van der Waals surface area contributed by atoms with Crippen LogP contribution in [0.4, 0.5) is 0 Å². The molecule has 1 aliphatic carbocycles. The number of hydrogen-bond acceptors (Lipinski definition) is 2. The van der Waals surface area contributed by atoms with Crippen LogP contribution >= 0.6 is 24.8 Å². The molecule has 1 aromatic heterocycles. The molecule has 4 heteroatoms. The Balaban J connectivity index is 0.000000720. The van der Waals surface area contributed by atoms with Crippen LogP contribution in [0.3, 0.4) is 0 Å². The second-order valence-electron chi connectivity index (χ2n) is 3.04. The van der Waals surface area contributed by atoms with Crippen molar-refractivity contribution in [3.63, 3.8) is 0 Å². The molecule has 0 radical (unpaired) electrons. The van der Waals surface area contributed by atoms with Crippen LogP contribution in [0.5, 0.6) is 0 Å². The zero-order valence-corrected chi connectivity index (χ0v) is 8.90. The van der Waals surface area contributed by atoms with Crippen molar-refractivity contribution in [1.29, 1.82) is 0 Å². The molecule has 2 nitrogen and oxygen atoms in total. The predicted molar refractivity (Wildman–Crippen MR) is 58.6 cm³/mol. The molecule has 0 amide bonds. The highest BCUT2D eigenvalue weighted by molar-refractivity contribution is 5.85. The normalized spacial score (nSPS) is 19.3. The van der Waals surface area contributed by atoms with E-state index in [1.807, 2.05) is 12.3 Å². The van der Waals surface area contributed by atoms with Crippen LogP contribution in [-0.4, -0.2) is 4.98 Å². The van der Waals surface area contributed by atoms with Gasteiger partial charge in [-0.25, -0.2) is 0 Å². The number of hydrogen-bond donors (Lipinski definition) is 1. The Kier molecular flexibility index (Phi) is 5.30. The summed E-state index contributed by atoms with van der Waals surface area (Å²) in [7, 11) is 0. The van der Waals surface area contributed by atoms with Crippen molar-refractivity contribution >= 4 is 24.8 Å². The van der Waals surface area contributed by atoms with E-state index in [4.69, 9.17) is 5.73 Å². The minimum absolute atomic E-state index is 0. The monoisotopic (exact) mass is 220 g/mol. The molecule has 0 saturated heterocycles. The lowest BCUT2D eigenvalue weighted by Crippen LogP contribution is -2.17. The molecule has 0 spiro atoms. The van der Waals surface area contributed by atoms with Crippen molar-refractivity contribution in [2.24, 2.45) is 5.73 Å². The highest BCUT2D eigenvalue weighted by atomic mass is 35.5. The standard InChI is InChI=1S/C9H12N2.2ClH/c10-8-4-1-5-9-7(8)3-2-6-11-9;;/h2-3,6,8H,1,4-5,10H2;2*1H/t8-;;/m1../s1. The Labute approximate surface area is 90.8 Å². The zero-order chi connectivity index (χ0) is 7.68. The second-order valence-corrected chi connectivity index (χ2v) is 3.04. The van der Waals surface area contributed by atoms with Crippen molar-refractivity contribution in [3.8, 4) is 0 Å². The summed E-state index contributed by atoms with van der Waals surface area (Å²) in [5.74, 6) is 0. The van der Waals surface area contributed by atoms with E-state index in [9.17, 15) is 0 Å². The fourth-order valence-electron chi connectivity index (χ4n) is 1.64. The third-order valence-corrected chi connectivity index (χ3v) is 2.25. The van der Waals surface area contributed by atoms with Crippen LogP contribution in [0.2, 0.25) is 0 Å². The van der Waals surface area contributed by atoms with E-state index in [0.717, 1.165) is 12.8 Å². The minimum Gasteiger partial charge on any atom is -0.324 e. The van der Waals surface area contributed by atoms with Crippen molar-refractivity contribution in [2.75, 3.05) is 0 Å². The van der Waals surface area contributed by atoms with Gasteiger partial charge in [0.1, 0.15) is 0 Å². The molecule has 0 bridgehead atoms. The van der Waals surface area contributed by atoms with E-state index in [2.05, 4.69) is 11.1 Å². The molecule has 0 aliphatic heterocycles. The molecule has 2 N–H and O–H groups in total. The molecule has 0 fully saturated rings. The lowest BCUT2D eigenvalue weighted by Gasteiger charge is -2.20. The van der Waals surface area contributed by atoms with Gasteiger partial charge < -0.3 is 5.73 Å². The third-order valence-electron chi connectivity index (χ3n) is 2.25. The molecule has 1 heterocycles. The maximum absolute atomic E-state index is 5.91. The second kappa shape index (κ2) is 5.43. The lowest BCUT2D eigenvalue weighted by molar-refractivity contribution is 0.560. The van der Waals surface area contributed by atoms with Gasteiger partial charge in [0.25, 0.3) is 0 Å². The van der Waals surface area contributed by atoms with Gasteiger partial charge in [0.2, 0.25) is 0 Å². The van der Waals surface area contributed by atoms with Crippen LogP contribution < -0.4 is 5.73 Å². The van der Waals surface area contributed by atoms with Crippen LogP contribution in [-0.2, 0) is 6.42 Å². The first-order valence-corrected chi connectivity index (χ1v) is 4.07. The van der Waals surface area contributed by atoms with Crippen LogP contribution in [0, 0.1) is 0 Å². The van der Waals surface area contributed by atoms with Gasteiger partial charge in [-0.1, -0.05) is 6.07 Å². The average Bonchev–Trinajstić information content (AvgIpc) is 2.06. The summed E-state index contributed by atoms with van der Waals surface area (Å²) in [6, 6.07) is 4.28. The molecular weight excluding hydrogens is 207 g/mol. The van der Waals surface area contributed by atoms with Gasteiger partial charge in [-0.05, 0) is 30.9 Å². The summed E-state index contributed by atoms with van der Waals surface area (Å²) in [5.41, 5.74) is 8.36.